The number of carboxylic acid groups (broad SMARTS) is 1. The van der Waals surface area contributed by atoms with Gasteiger partial charge < -0.3 is 23.9 Å². The summed E-state index contributed by atoms with van der Waals surface area (Å²) < 4.78 is 17.1. The molecule has 9 nitrogen and oxygen atoms in total. The van der Waals surface area contributed by atoms with Crippen LogP contribution in [-0.4, -0.2) is 52.6 Å². The standard InChI is InChI=1S/C23H21N3O6S/c1-13-21(32-22(24-13)14-5-4-6-15(9-14)30-2)23(29)26(12-20(27)28)11-19-25-17-10-16(31-3)7-8-18(17)33-19/h4-10H,11-12H2,1-3H3,(H,27,28). The molecule has 1 N–H and O–H groups in total. The molecule has 2 aromatic heterocycles. The lowest BCUT2D eigenvalue weighted by Gasteiger charge is -2.18. The zero-order chi connectivity index (χ0) is 23.5. The Labute approximate surface area is 193 Å². The van der Waals surface area contributed by atoms with Gasteiger partial charge in [0.05, 0.1) is 36.7 Å². The van der Waals surface area contributed by atoms with Crippen molar-refractivity contribution in [1.29, 1.82) is 0 Å². The largest absolute Gasteiger partial charge is 0.497 e. The van der Waals surface area contributed by atoms with Crippen molar-refractivity contribution in [2.24, 2.45) is 0 Å². The minimum atomic E-state index is -1.14. The van der Waals surface area contributed by atoms with Crippen LogP contribution in [0.25, 0.3) is 21.7 Å². The third-order valence-corrected chi connectivity index (χ3v) is 5.91. The number of carbonyl (C=O) groups excluding carboxylic acids is 1. The summed E-state index contributed by atoms with van der Waals surface area (Å²) in [6.45, 7) is 1.15. The van der Waals surface area contributed by atoms with E-state index in [1.165, 1.54) is 16.2 Å². The number of amides is 1. The van der Waals surface area contributed by atoms with Gasteiger partial charge in [-0.1, -0.05) is 6.07 Å². The van der Waals surface area contributed by atoms with Crippen molar-refractivity contribution in [2.45, 2.75) is 13.5 Å². The summed E-state index contributed by atoms with van der Waals surface area (Å²) in [4.78, 5) is 34.8. The number of nitrogens with zero attached hydrogens (tertiary/aromatic N) is 3. The quantitative estimate of drug-likeness (QED) is 0.413. The highest BCUT2D eigenvalue weighted by molar-refractivity contribution is 7.18. The minimum absolute atomic E-state index is 0.0153. The zero-order valence-electron chi connectivity index (χ0n) is 18.2. The lowest BCUT2D eigenvalue weighted by atomic mass is 10.2. The van der Waals surface area contributed by atoms with Gasteiger partial charge in [0.2, 0.25) is 11.7 Å². The average molecular weight is 468 g/mol. The molecule has 0 fully saturated rings. The number of hydrogen-bond donors (Lipinski definition) is 1. The minimum Gasteiger partial charge on any atom is -0.497 e. The van der Waals surface area contributed by atoms with Gasteiger partial charge in [0.15, 0.2) is 0 Å². The topological polar surface area (TPSA) is 115 Å². The monoisotopic (exact) mass is 467 g/mol. The van der Waals surface area contributed by atoms with E-state index < -0.39 is 18.4 Å². The second kappa shape index (κ2) is 9.29. The Balaban J connectivity index is 1.63. The Morgan fingerprint density at radius 2 is 1.85 bits per heavy atom. The van der Waals surface area contributed by atoms with Crippen molar-refractivity contribution in [3.63, 3.8) is 0 Å². The predicted octanol–water partition coefficient (Wildman–Crippen LogP) is 4.00. The van der Waals surface area contributed by atoms with E-state index >= 15 is 0 Å². The van der Waals surface area contributed by atoms with E-state index in [9.17, 15) is 14.7 Å². The van der Waals surface area contributed by atoms with E-state index in [-0.39, 0.29) is 18.2 Å². The van der Waals surface area contributed by atoms with Gasteiger partial charge in [-0.2, -0.15) is 0 Å². The lowest BCUT2D eigenvalue weighted by Crippen LogP contribution is -2.35. The molecule has 4 aromatic rings. The number of oxazole rings is 1. The zero-order valence-corrected chi connectivity index (χ0v) is 19.0. The van der Waals surface area contributed by atoms with Gasteiger partial charge >= 0.3 is 5.97 Å². The fourth-order valence-corrected chi connectivity index (χ4v) is 4.26. The molecule has 0 atom stereocenters. The first-order valence-corrected chi connectivity index (χ1v) is 10.8. The summed E-state index contributed by atoms with van der Waals surface area (Å²) in [6.07, 6.45) is 0. The van der Waals surface area contributed by atoms with E-state index in [2.05, 4.69) is 9.97 Å². The van der Waals surface area contributed by atoms with Crippen LogP contribution in [-0.2, 0) is 11.3 Å². The van der Waals surface area contributed by atoms with Crippen molar-refractivity contribution in [3.05, 3.63) is 58.9 Å². The summed E-state index contributed by atoms with van der Waals surface area (Å²) in [5.74, 6) is -0.199. The molecule has 0 radical (unpaired) electrons. The van der Waals surface area contributed by atoms with Gasteiger partial charge in [-0.15, -0.1) is 11.3 Å². The van der Waals surface area contributed by atoms with E-state index in [4.69, 9.17) is 13.9 Å². The first kappa shape index (κ1) is 22.3. The number of methoxy groups -OCH3 is 2. The second-order valence-electron chi connectivity index (χ2n) is 7.16. The number of aryl methyl sites for hydroxylation is 1. The van der Waals surface area contributed by atoms with Crippen LogP contribution in [0.5, 0.6) is 11.5 Å². The predicted molar refractivity (Wildman–Crippen MR) is 122 cm³/mol. The molecule has 0 saturated heterocycles. The Morgan fingerprint density at radius 1 is 1.09 bits per heavy atom. The highest BCUT2D eigenvalue weighted by Gasteiger charge is 2.26. The maximum atomic E-state index is 13.2. The summed E-state index contributed by atoms with van der Waals surface area (Å²) in [6, 6.07) is 12.6. The molecule has 1 amide bonds. The lowest BCUT2D eigenvalue weighted by molar-refractivity contribution is -0.137. The summed E-state index contributed by atoms with van der Waals surface area (Å²) in [5.41, 5.74) is 1.72. The first-order chi connectivity index (χ1) is 15.9. The van der Waals surface area contributed by atoms with Crippen LogP contribution in [0.4, 0.5) is 0 Å². The molecule has 0 unspecified atom stereocenters. The number of rotatable bonds is 8. The van der Waals surface area contributed by atoms with Crippen LogP contribution in [0.2, 0.25) is 0 Å². The molecule has 10 heteroatoms. The molecule has 170 valence electrons. The number of aromatic nitrogens is 2. The van der Waals surface area contributed by atoms with E-state index in [0.717, 1.165) is 4.70 Å². The Hall–Kier alpha value is -3.92. The molecule has 0 spiro atoms. The number of hydrogen-bond acceptors (Lipinski definition) is 8. The van der Waals surface area contributed by atoms with Gasteiger partial charge in [0.25, 0.3) is 5.91 Å². The highest BCUT2D eigenvalue weighted by Crippen LogP contribution is 2.29. The maximum absolute atomic E-state index is 13.2. The molecule has 2 aromatic carbocycles. The highest BCUT2D eigenvalue weighted by atomic mass is 32.1. The number of fused-ring (bicyclic) bond motifs is 1. The van der Waals surface area contributed by atoms with Gasteiger partial charge in [-0.05, 0) is 37.3 Å². The van der Waals surface area contributed by atoms with Crippen LogP contribution < -0.4 is 9.47 Å². The SMILES string of the molecule is COc1cccc(-c2nc(C)c(C(=O)N(CC(=O)O)Cc3nc4cc(OC)ccc4s3)o2)c1. The van der Waals surface area contributed by atoms with Crippen molar-refractivity contribution < 1.29 is 28.6 Å². The Bertz CT molecular complexity index is 1330. The molecule has 0 aliphatic heterocycles. The molecule has 2 heterocycles. The first-order valence-electron chi connectivity index (χ1n) is 9.94. The third-order valence-electron chi connectivity index (χ3n) is 4.89. The molecular formula is C23H21N3O6S. The van der Waals surface area contributed by atoms with Crippen molar-refractivity contribution >= 4 is 33.4 Å². The molecule has 0 bridgehead atoms. The van der Waals surface area contributed by atoms with E-state index in [0.29, 0.717) is 33.3 Å². The van der Waals surface area contributed by atoms with Crippen molar-refractivity contribution in [1.82, 2.24) is 14.9 Å². The van der Waals surface area contributed by atoms with Gasteiger partial charge in [0, 0.05) is 11.6 Å². The van der Waals surface area contributed by atoms with Crippen molar-refractivity contribution in [2.75, 3.05) is 20.8 Å². The smallest absolute Gasteiger partial charge is 0.323 e. The molecule has 0 aliphatic carbocycles. The van der Waals surface area contributed by atoms with Crippen LogP contribution in [0.3, 0.4) is 0 Å². The molecule has 0 saturated carbocycles. The number of thiazole rings is 1. The Morgan fingerprint density at radius 3 is 2.58 bits per heavy atom. The number of aliphatic carboxylic acids is 1. The van der Waals surface area contributed by atoms with Crippen LogP contribution in [0, 0.1) is 6.92 Å². The number of carbonyl (C=O) groups is 2. The van der Waals surface area contributed by atoms with Gasteiger partial charge in [-0.25, -0.2) is 9.97 Å². The number of benzene rings is 2. The van der Waals surface area contributed by atoms with Gasteiger partial charge in [0.1, 0.15) is 23.1 Å². The fourth-order valence-electron chi connectivity index (χ4n) is 3.29. The summed E-state index contributed by atoms with van der Waals surface area (Å²) >= 11 is 1.38. The summed E-state index contributed by atoms with van der Waals surface area (Å²) in [7, 11) is 3.12. The van der Waals surface area contributed by atoms with Crippen LogP contribution in [0.15, 0.2) is 46.9 Å². The molecule has 0 aliphatic rings. The van der Waals surface area contributed by atoms with E-state index in [1.807, 2.05) is 12.1 Å². The third kappa shape index (κ3) is 4.80. The Kier molecular flexibility index (Phi) is 6.27. The molecular weight excluding hydrogens is 446 g/mol. The normalized spacial score (nSPS) is 10.9. The van der Waals surface area contributed by atoms with Gasteiger partial charge in [-0.3, -0.25) is 9.59 Å². The molecule has 33 heavy (non-hydrogen) atoms. The number of carboxylic acids is 1. The maximum Gasteiger partial charge on any atom is 0.323 e. The van der Waals surface area contributed by atoms with Crippen LogP contribution >= 0.6 is 11.3 Å². The van der Waals surface area contributed by atoms with Crippen LogP contribution in [0.1, 0.15) is 21.3 Å². The van der Waals surface area contributed by atoms with E-state index in [1.54, 1.807) is 51.5 Å². The average Bonchev–Trinajstić information content (AvgIpc) is 3.40. The summed E-state index contributed by atoms with van der Waals surface area (Å²) in [5, 5.41) is 9.98. The number of ether oxygens (including phenoxy) is 2. The fraction of sp³-hybridized carbons (Fsp3) is 0.217. The second-order valence-corrected chi connectivity index (χ2v) is 8.28. The van der Waals surface area contributed by atoms with Crippen molar-refractivity contribution in [3.8, 4) is 23.0 Å². The molecule has 4 rings (SSSR count).